The van der Waals surface area contributed by atoms with Crippen LogP contribution in [0.2, 0.25) is 0 Å². The number of sulfone groups is 1. The van der Waals surface area contributed by atoms with Crippen LogP contribution >= 0.6 is 23.2 Å². The first-order chi connectivity index (χ1) is 7.92. The summed E-state index contributed by atoms with van der Waals surface area (Å²) in [4.78, 5) is 11.4. The van der Waals surface area contributed by atoms with Crippen molar-refractivity contribution in [2.75, 3.05) is 11.1 Å². The predicted molar refractivity (Wildman–Crippen MR) is 69.0 cm³/mol. The standard InChI is InChI=1S/C10H11Cl2NO3S/c11-10(12)17(15,16)7-6-9(14)13-8-4-2-1-3-5-8/h1-5,10H,6-7H2,(H,13,14). The molecule has 0 aliphatic heterocycles. The Bertz CT molecular complexity index is 474. The molecule has 1 N–H and O–H groups in total. The van der Waals surface area contributed by atoms with Crippen LogP contribution in [-0.4, -0.2) is 24.2 Å². The largest absolute Gasteiger partial charge is 0.326 e. The van der Waals surface area contributed by atoms with E-state index in [-0.39, 0.29) is 12.2 Å². The minimum Gasteiger partial charge on any atom is -0.326 e. The number of para-hydroxylation sites is 1. The van der Waals surface area contributed by atoms with Gasteiger partial charge in [-0.15, -0.1) is 0 Å². The molecular weight excluding hydrogens is 285 g/mol. The third-order valence-corrected chi connectivity index (χ3v) is 4.89. The van der Waals surface area contributed by atoms with E-state index >= 15 is 0 Å². The smallest absolute Gasteiger partial charge is 0.225 e. The zero-order valence-electron chi connectivity index (χ0n) is 8.77. The molecule has 0 spiro atoms. The average Bonchev–Trinajstić information content (AvgIpc) is 2.28. The van der Waals surface area contributed by atoms with Crippen LogP contribution < -0.4 is 5.32 Å². The minimum atomic E-state index is -3.62. The van der Waals surface area contributed by atoms with Crippen molar-refractivity contribution in [1.82, 2.24) is 0 Å². The SMILES string of the molecule is O=C(CCS(=O)(=O)C(Cl)Cl)Nc1ccccc1. The van der Waals surface area contributed by atoms with Gasteiger partial charge in [-0.25, -0.2) is 8.42 Å². The number of carbonyl (C=O) groups is 1. The predicted octanol–water partition coefficient (Wildman–Crippen LogP) is 2.19. The molecule has 0 bridgehead atoms. The summed E-state index contributed by atoms with van der Waals surface area (Å²) in [5.74, 6) is -0.766. The molecule has 94 valence electrons. The maximum atomic E-state index is 11.4. The van der Waals surface area contributed by atoms with Gasteiger partial charge in [0.25, 0.3) is 0 Å². The molecule has 0 fully saturated rings. The molecule has 0 heterocycles. The second-order valence-electron chi connectivity index (χ2n) is 3.29. The van der Waals surface area contributed by atoms with Gasteiger partial charge in [0.15, 0.2) is 9.84 Å². The molecule has 0 saturated heterocycles. The van der Waals surface area contributed by atoms with E-state index in [1.807, 2.05) is 6.07 Å². The van der Waals surface area contributed by atoms with Gasteiger partial charge in [-0.05, 0) is 12.1 Å². The van der Waals surface area contributed by atoms with Crippen LogP contribution in [0.15, 0.2) is 30.3 Å². The Morgan fingerprint density at radius 2 is 1.82 bits per heavy atom. The first kappa shape index (κ1) is 14.3. The summed E-state index contributed by atoms with van der Waals surface area (Å²) in [6.07, 6.45) is -0.173. The lowest BCUT2D eigenvalue weighted by Crippen LogP contribution is -2.20. The van der Waals surface area contributed by atoms with Gasteiger partial charge in [-0.1, -0.05) is 41.4 Å². The van der Waals surface area contributed by atoms with Gasteiger partial charge in [0.2, 0.25) is 10.1 Å². The second-order valence-corrected chi connectivity index (χ2v) is 7.11. The first-order valence-electron chi connectivity index (χ1n) is 4.76. The molecule has 0 aromatic heterocycles. The number of hydrogen-bond donors (Lipinski definition) is 1. The Labute approximate surface area is 110 Å². The van der Waals surface area contributed by atoms with E-state index in [1.54, 1.807) is 24.3 Å². The van der Waals surface area contributed by atoms with Crippen molar-refractivity contribution in [3.05, 3.63) is 30.3 Å². The third kappa shape index (κ3) is 4.93. The zero-order valence-corrected chi connectivity index (χ0v) is 11.1. The van der Waals surface area contributed by atoms with E-state index in [0.717, 1.165) is 0 Å². The van der Waals surface area contributed by atoms with Crippen LogP contribution in [0.4, 0.5) is 5.69 Å². The minimum absolute atomic E-state index is 0.173. The van der Waals surface area contributed by atoms with Gasteiger partial charge in [-0.3, -0.25) is 4.79 Å². The molecule has 1 rings (SSSR count). The molecule has 17 heavy (non-hydrogen) atoms. The molecule has 1 aromatic carbocycles. The number of alkyl halides is 2. The Morgan fingerprint density at radius 3 is 2.35 bits per heavy atom. The molecule has 0 radical (unpaired) electrons. The highest BCUT2D eigenvalue weighted by Crippen LogP contribution is 2.13. The van der Waals surface area contributed by atoms with Crippen LogP contribution in [-0.2, 0) is 14.6 Å². The van der Waals surface area contributed by atoms with Gasteiger partial charge in [0.1, 0.15) is 0 Å². The van der Waals surface area contributed by atoms with E-state index in [2.05, 4.69) is 5.32 Å². The van der Waals surface area contributed by atoms with Crippen LogP contribution in [0.5, 0.6) is 0 Å². The number of anilines is 1. The number of halogens is 2. The quantitative estimate of drug-likeness (QED) is 0.847. The van der Waals surface area contributed by atoms with Crippen LogP contribution in [0.3, 0.4) is 0 Å². The van der Waals surface area contributed by atoms with Gasteiger partial charge >= 0.3 is 0 Å². The van der Waals surface area contributed by atoms with Crippen molar-refractivity contribution in [3.8, 4) is 0 Å². The Kier molecular flexibility index (Phi) is 5.24. The van der Waals surface area contributed by atoms with E-state index in [4.69, 9.17) is 23.2 Å². The van der Waals surface area contributed by atoms with Crippen molar-refractivity contribution in [1.29, 1.82) is 0 Å². The Hall–Kier alpha value is -0.780. The average molecular weight is 296 g/mol. The summed E-state index contributed by atoms with van der Waals surface area (Å²) in [7, 11) is -3.62. The second kappa shape index (κ2) is 6.23. The third-order valence-electron chi connectivity index (χ3n) is 1.94. The fourth-order valence-corrected chi connectivity index (χ4v) is 2.25. The number of carbonyl (C=O) groups excluding carboxylic acids is 1. The van der Waals surface area contributed by atoms with Crippen LogP contribution in [0.1, 0.15) is 6.42 Å². The van der Waals surface area contributed by atoms with Crippen LogP contribution in [0, 0.1) is 0 Å². The molecule has 4 nitrogen and oxygen atoms in total. The van der Waals surface area contributed by atoms with Gasteiger partial charge in [0.05, 0.1) is 5.75 Å². The van der Waals surface area contributed by atoms with Crippen molar-refractivity contribution >= 4 is 44.6 Å². The topological polar surface area (TPSA) is 63.2 Å². The maximum absolute atomic E-state index is 11.4. The van der Waals surface area contributed by atoms with Crippen molar-refractivity contribution in [2.24, 2.45) is 0 Å². The highest BCUT2D eigenvalue weighted by molar-refractivity contribution is 7.94. The lowest BCUT2D eigenvalue weighted by atomic mass is 10.3. The molecule has 0 saturated carbocycles. The fourth-order valence-electron chi connectivity index (χ4n) is 1.07. The summed E-state index contributed by atoms with van der Waals surface area (Å²) < 4.78 is 21.0. The lowest BCUT2D eigenvalue weighted by Gasteiger charge is -2.06. The number of amides is 1. The molecule has 7 heteroatoms. The van der Waals surface area contributed by atoms with Gasteiger partial charge in [-0.2, -0.15) is 0 Å². The highest BCUT2D eigenvalue weighted by atomic mass is 35.5. The Balaban J connectivity index is 2.47. The van der Waals surface area contributed by atoms with Gasteiger partial charge < -0.3 is 5.32 Å². The highest BCUT2D eigenvalue weighted by Gasteiger charge is 2.21. The summed E-state index contributed by atoms with van der Waals surface area (Å²) in [5.41, 5.74) is 0.614. The molecule has 1 aromatic rings. The maximum Gasteiger partial charge on any atom is 0.225 e. The van der Waals surface area contributed by atoms with E-state index in [1.165, 1.54) is 0 Å². The number of benzene rings is 1. The summed E-state index contributed by atoms with van der Waals surface area (Å²) in [6, 6.07) is 8.75. The lowest BCUT2D eigenvalue weighted by molar-refractivity contribution is -0.115. The van der Waals surface area contributed by atoms with Crippen molar-refractivity contribution in [3.63, 3.8) is 0 Å². The van der Waals surface area contributed by atoms with E-state index in [0.29, 0.717) is 5.69 Å². The summed E-state index contributed by atoms with van der Waals surface area (Å²) in [5, 5.41) is 2.56. The van der Waals surface area contributed by atoms with E-state index < -0.39 is 19.9 Å². The molecule has 1 amide bonds. The Morgan fingerprint density at radius 1 is 1.24 bits per heavy atom. The van der Waals surface area contributed by atoms with E-state index in [9.17, 15) is 13.2 Å². The van der Waals surface area contributed by atoms with Gasteiger partial charge in [0, 0.05) is 12.1 Å². The summed E-state index contributed by atoms with van der Waals surface area (Å²) >= 11 is 10.5. The summed E-state index contributed by atoms with van der Waals surface area (Å²) in [6.45, 7) is 0. The van der Waals surface area contributed by atoms with Crippen molar-refractivity contribution in [2.45, 2.75) is 10.6 Å². The molecule has 0 unspecified atom stereocenters. The zero-order chi connectivity index (χ0) is 12.9. The molecule has 0 aliphatic rings. The number of nitrogens with one attached hydrogen (secondary N) is 1. The first-order valence-corrected chi connectivity index (χ1v) is 7.35. The molecule has 0 aliphatic carbocycles. The number of rotatable bonds is 5. The fraction of sp³-hybridized carbons (Fsp3) is 0.300. The molecule has 0 atom stereocenters. The van der Waals surface area contributed by atoms with Crippen molar-refractivity contribution < 1.29 is 13.2 Å². The number of hydrogen-bond acceptors (Lipinski definition) is 3. The monoisotopic (exact) mass is 295 g/mol. The molecular formula is C10H11Cl2NO3S. The normalized spacial score (nSPS) is 11.5. The van der Waals surface area contributed by atoms with Crippen LogP contribution in [0.25, 0.3) is 0 Å².